The molecule has 0 bridgehead atoms. The molecule has 0 spiro atoms. The number of aromatic nitrogens is 3. The van der Waals surface area contributed by atoms with Crippen molar-refractivity contribution < 1.29 is 4.74 Å². The van der Waals surface area contributed by atoms with Crippen LogP contribution in [0.2, 0.25) is 0 Å². The summed E-state index contributed by atoms with van der Waals surface area (Å²) in [6, 6.07) is 8.29. The molecule has 2 rings (SSSR count). The van der Waals surface area contributed by atoms with Gasteiger partial charge in [-0.15, -0.1) is 0 Å². The second kappa shape index (κ2) is 5.64. The lowest BCUT2D eigenvalue weighted by atomic mass is 10.1. The van der Waals surface area contributed by atoms with E-state index < -0.39 is 0 Å². The number of nitrogens with one attached hydrogen (secondary N) is 1. The average Bonchev–Trinajstić information content (AvgIpc) is 2.81. The molecule has 5 heteroatoms. The summed E-state index contributed by atoms with van der Waals surface area (Å²) in [5.41, 5.74) is 1.19. The van der Waals surface area contributed by atoms with Gasteiger partial charge in [-0.1, -0.05) is 12.1 Å². The van der Waals surface area contributed by atoms with E-state index in [2.05, 4.69) is 28.4 Å². The predicted octanol–water partition coefficient (Wildman–Crippen LogP) is 1.67. The van der Waals surface area contributed by atoms with Gasteiger partial charge in [-0.2, -0.15) is 5.10 Å². The Hall–Kier alpha value is -1.88. The zero-order valence-corrected chi connectivity index (χ0v) is 10.9. The SMILES string of the molecule is COc1cccc([C@H](C)NCc2ncnn2C)c1. The molecule has 1 atom stereocenters. The van der Waals surface area contributed by atoms with Gasteiger partial charge in [0, 0.05) is 13.1 Å². The maximum atomic E-state index is 5.22. The molecule has 1 aromatic heterocycles. The highest BCUT2D eigenvalue weighted by Gasteiger charge is 2.07. The fraction of sp³-hybridized carbons (Fsp3) is 0.385. The van der Waals surface area contributed by atoms with Crippen LogP contribution in [0.3, 0.4) is 0 Å². The van der Waals surface area contributed by atoms with Crippen molar-refractivity contribution >= 4 is 0 Å². The van der Waals surface area contributed by atoms with Gasteiger partial charge in [0.25, 0.3) is 0 Å². The Labute approximate surface area is 107 Å². The molecule has 2 aromatic rings. The van der Waals surface area contributed by atoms with Crippen LogP contribution in [-0.2, 0) is 13.6 Å². The Balaban J connectivity index is 1.99. The standard InChI is InChI=1S/C13H18N4O/c1-10(11-5-4-6-12(7-11)18-3)14-8-13-15-9-16-17(13)2/h4-7,9-10,14H,8H2,1-3H3/t10-/m0/s1. The third kappa shape index (κ3) is 2.87. The molecule has 0 amide bonds. The van der Waals surface area contributed by atoms with E-state index in [1.807, 2.05) is 25.2 Å². The monoisotopic (exact) mass is 246 g/mol. The first kappa shape index (κ1) is 12.6. The van der Waals surface area contributed by atoms with Crippen LogP contribution in [0.1, 0.15) is 24.4 Å². The highest BCUT2D eigenvalue weighted by molar-refractivity contribution is 5.30. The molecule has 0 unspecified atom stereocenters. The van der Waals surface area contributed by atoms with Crippen molar-refractivity contribution in [3.05, 3.63) is 42.0 Å². The van der Waals surface area contributed by atoms with E-state index in [1.165, 1.54) is 5.56 Å². The van der Waals surface area contributed by atoms with Crippen molar-refractivity contribution in [2.75, 3.05) is 7.11 Å². The number of rotatable bonds is 5. The van der Waals surface area contributed by atoms with Crippen molar-refractivity contribution in [3.8, 4) is 5.75 Å². The summed E-state index contributed by atoms with van der Waals surface area (Å²) in [5.74, 6) is 1.80. The Morgan fingerprint density at radius 2 is 2.28 bits per heavy atom. The molecule has 0 saturated carbocycles. The third-order valence-corrected chi connectivity index (χ3v) is 2.97. The molecule has 0 radical (unpaired) electrons. The van der Waals surface area contributed by atoms with Crippen LogP contribution in [0.15, 0.2) is 30.6 Å². The maximum absolute atomic E-state index is 5.22. The summed E-state index contributed by atoms with van der Waals surface area (Å²) in [6.07, 6.45) is 1.56. The fourth-order valence-electron chi connectivity index (χ4n) is 1.75. The minimum Gasteiger partial charge on any atom is -0.497 e. The Bertz CT molecular complexity index is 509. The highest BCUT2D eigenvalue weighted by Crippen LogP contribution is 2.18. The zero-order chi connectivity index (χ0) is 13.0. The topological polar surface area (TPSA) is 52.0 Å². The van der Waals surface area contributed by atoms with Gasteiger partial charge < -0.3 is 10.1 Å². The minimum absolute atomic E-state index is 0.233. The van der Waals surface area contributed by atoms with E-state index in [-0.39, 0.29) is 6.04 Å². The lowest BCUT2D eigenvalue weighted by Crippen LogP contribution is -2.20. The van der Waals surface area contributed by atoms with E-state index in [1.54, 1.807) is 18.1 Å². The number of aryl methyl sites for hydroxylation is 1. The molecule has 1 heterocycles. The normalized spacial score (nSPS) is 12.4. The molecule has 18 heavy (non-hydrogen) atoms. The Kier molecular flexibility index (Phi) is 3.94. The van der Waals surface area contributed by atoms with Crippen LogP contribution in [0.4, 0.5) is 0 Å². The summed E-state index contributed by atoms with van der Waals surface area (Å²) in [6.45, 7) is 2.81. The fourth-order valence-corrected chi connectivity index (χ4v) is 1.75. The lowest BCUT2D eigenvalue weighted by Gasteiger charge is -2.14. The first-order valence-corrected chi connectivity index (χ1v) is 5.91. The van der Waals surface area contributed by atoms with Crippen molar-refractivity contribution in [3.63, 3.8) is 0 Å². The highest BCUT2D eigenvalue weighted by atomic mass is 16.5. The zero-order valence-electron chi connectivity index (χ0n) is 10.9. The van der Waals surface area contributed by atoms with E-state index >= 15 is 0 Å². The summed E-state index contributed by atoms with van der Waals surface area (Å²) in [4.78, 5) is 4.18. The number of ether oxygens (including phenoxy) is 1. The van der Waals surface area contributed by atoms with Gasteiger partial charge in [-0.25, -0.2) is 4.98 Å². The van der Waals surface area contributed by atoms with E-state index in [0.717, 1.165) is 11.6 Å². The molecular weight excluding hydrogens is 228 g/mol. The number of nitrogens with zero attached hydrogens (tertiary/aromatic N) is 3. The molecule has 1 aromatic carbocycles. The van der Waals surface area contributed by atoms with Gasteiger partial charge in [0.15, 0.2) is 0 Å². The van der Waals surface area contributed by atoms with Crippen LogP contribution in [-0.4, -0.2) is 21.9 Å². The minimum atomic E-state index is 0.233. The first-order chi connectivity index (χ1) is 8.70. The van der Waals surface area contributed by atoms with Crippen LogP contribution in [0.25, 0.3) is 0 Å². The first-order valence-electron chi connectivity index (χ1n) is 5.91. The second-order valence-electron chi connectivity index (χ2n) is 4.18. The second-order valence-corrected chi connectivity index (χ2v) is 4.18. The number of hydrogen-bond donors (Lipinski definition) is 1. The quantitative estimate of drug-likeness (QED) is 0.872. The number of hydrogen-bond acceptors (Lipinski definition) is 4. The summed E-state index contributed by atoms with van der Waals surface area (Å²) < 4.78 is 6.99. The van der Waals surface area contributed by atoms with Crippen molar-refractivity contribution in [1.82, 2.24) is 20.1 Å². The summed E-state index contributed by atoms with van der Waals surface area (Å²) in [7, 11) is 3.57. The van der Waals surface area contributed by atoms with Crippen LogP contribution < -0.4 is 10.1 Å². The van der Waals surface area contributed by atoms with Gasteiger partial charge in [-0.3, -0.25) is 4.68 Å². The molecule has 0 aliphatic rings. The van der Waals surface area contributed by atoms with Crippen LogP contribution in [0, 0.1) is 0 Å². The van der Waals surface area contributed by atoms with E-state index in [0.29, 0.717) is 6.54 Å². The molecule has 0 aliphatic carbocycles. The number of benzene rings is 1. The van der Waals surface area contributed by atoms with Crippen LogP contribution in [0.5, 0.6) is 5.75 Å². The van der Waals surface area contributed by atoms with Crippen molar-refractivity contribution in [2.24, 2.45) is 7.05 Å². The van der Waals surface area contributed by atoms with Crippen LogP contribution >= 0.6 is 0 Å². The predicted molar refractivity (Wildman–Crippen MR) is 69.3 cm³/mol. The Morgan fingerprint density at radius 3 is 2.94 bits per heavy atom. The maximum Gasteiger partial charge on any atom is 0.140 e. The van der Waals surface area contributed by atoms with E-state index in [4.69, 9.17) is 4.74 Å². The van der Waals surface area contributed by atoms with Crippen molar-refractivity contribution in [1.29, 1.82) is 0 Å². The largest absolute Gasteiger partial charge is 0.497 e. The molecule has 96 valence electrons. The third-order valence-electron chi connectivity index (χ3n) is 2.97. The van der Waals surface area contributed by atoms with Gasteiger partial charge in [0.1, 0.15) is 17.9 Å². The van der Waals surface area contributed by atoms with Gasteiger partial charge in [-0.05, 0) is 24.6 Å². The number of methoxy groups -OCH3 is 1. The summed E-state index contributed by atoms with van der Waals surface area (Å²) >= 11 is 0. The molecule has 0 saturated heterocycles. The van der Waals surface area contributed by atoms with E-state index in [9.17, 15) is 0 Å². The van der Waals surface area contributed by atoms with Gasteiger partial charge in [0.2, 0.25) is 0 Å². The van der Waals surface area contributed by atoms with Crippen molar-refractivity contribution in [2.45, 2.75) is 19.5 Å². The lowest BCUT2D eigenvalue weighted by molar-refractivity contribution is 0.413. The molecule has 1 N–H and O–H groups in total. The molecule has 0 fully saturated rings. The smallest absolute Gasteiger partial charge is 0.140 e. The van der Waals surface area contributed by atoms with Gasteiger partial charge >= 0.3 is 0 Å². The summed E-state index contributed by atoms with van der Waals surface area (Å²) in [5, 5.41) is 7.45. The Morgan fingerprint density at radius 1 is 1.44 bits per heavy atom. The van der Waals surface area contributed by atoms with Gasteiger partial charge in [0.05, 0.1) is 13.7 Å². The molecular formula is C13H18N4O. The molecule has 0 aliphatic heterocycles. The average molecular weight is 246 g/mol. The molecule has 5 nitrogen and oxygen atoms in total.